The minimum atomic E-state index is -0.187. The fraction of sp³-hybridized carbons (Fsp3) is 0.286. The van der Waals surface area contributed by atoms with E-state index in [1.165, 1.54) is 11.1 Å². The number of benzene rings is 3. The molecule has 5 rings (SSSR count). The second-order valence-electron chi connectivity index (χ2n) is 8.77. The van der Waals surface area contributed by atoms with Crippen LogP contribution < -0.4 is 0 Å². The molecule has 0 spiro atoms. The summed E-state index contributed by atoms with van der Waals surface area (Å²) in [5.74, 6) is 0.248. The molecular weight excluding hydrogens is 396 g/mol. The zero-order valence-corrected chi connectivity index (χ0v) is 18.2. The number of nitrogens with zero attached hydrogens (tertiary/aromatic N) is 2. The van der Waals surface area contributed by atoms with Crippen LogP contribution in [0.3, 0.4) is 0 Å². The maximum absolute atomic E-state index is 13.3. The lowest BCUT2D eigenvalue weighted by Crippen LogP contribution is -2.48. The first kappa shape index (κ1) is 20.7. The lowest BCUT2D eigenvalue weighted by atomic mass is 9.99. The quantitative estimate of drug-likeness (QED) is 0.563. The molecule has 1 atom stereocenters. The topological polar surface area (TPSA) is 40.6 Å². The summed E-state index contributed by atoms with van der Waals surface area (Å²) in [4.78, 5) is 30.4. The highest BCUT2D eigenvalue weighted by Gasteiger charge is 2.35. The number of fused-ring (bicyclic) bond motifs is 1. The van der Waals surface area contributed by atoms with E-state index < -0.39 is 0 Å². The molecule has 1 fully saturated rings. The Balaban J connectivity index is 1.24. The summed E-state index contributed by atoms with van der Waals surface area (Å²) in [5, 5.41) is 0. The third-order valence-electron chi connectivity index (χ3n) is 6.75. The summed E-state index contributed by atoms with van der Waals surface area (Å²) < 4.78 is 0. The molecule has 162 valence electrons. The lowest BCUT2D eigenvalue weighted by molar-refractivity contribution is -0.136. The molecule has 2 aliphatic heterocycles. The second kappa shape index (κ2) is 9.09. The molecule has 3 aromatic rings. The van der Waals surface area contributed by atoms with E-state index in [1.54, 1.807) is 0 Å². The van der Waals surface area contributed by atoms with Crippen LogP contribution in [0, 0.1) is 0 Å². The molecule has 3 aromatic carbocycles. The van der Waals surface area contributed by atoms with E-state index in [-0.39, 0.29) is 17.7 Å². The van der Waals surface area contributed by atoms with E-state index in [1.807, 2.05) is 53.4 Å². The Bertz CT molecular complexity index is 1110. The van der Waals surface area contributed by atoms with Gasteiger partial charge in [0.05, 0.1) is 12.6 Å². The van der Waals surface area contributed by atoms with Crippen LogP contribution in [0.4, 0.5) is 0 Å². The summed E-state index contributed by atoms with van der Waals surface area (Å²) >= 11 is 0. The Labute approximate surface area is 189 Å². The van der Waals surface area contributed by atoms with Gasteiger partial charge in [-0.1, -0.05) is 78.9 Å². The van der Waals surface area contributed by atoms with Crippen LogP contribution in [0.15, 0.2) is 78.9 Å². The molecule has 0 radical (unpaired) electrons. The monoisotopic (exact) mass is 424 g/mol. The average molecular weight is 425 g/mol. The molecule has 0 saturated carbocycles. The summed E-state index contributed by atoms with van der Waals surface area (Å²) in [6, 6.07) is 26.1. The van der Waals surface area contributed by atoms with Crippen LogP contribution in [0.1, 0.15) is 34.3 Å². The molecule has 0 N–H and O–H groups in total. The largest absolute Gasteiger partial charge is 0.337 e. The summed E-state index contributed by atoms with van der Waals surface area (Å²) in [6.07, 6.45) is 2.69. The van der Waals surface area contributed by atoms with Crippen molar-refractivity contribution in [3.05, 3.63) is 95.6 Å². The third-order valence-corrected chi connectivity index (χ3v) is 6.75. The zero-order chi connectivity index (χ0) is 21.9. The first-order valence-electron chi connectivity index (χ1n) is 11.5. The number of carbonyl (C=O) groups excluding carboxylic acids is 2. The summed E-state index contributed by atoms with van der Waals surface area (Å²) in [5.41, 5.74) is 5.52. The fourth-order valence-electron chi connectivity index (χ4n) is 4.94. The van der Waals surface area contributed by atoms with E-state index in [9.17, 15) is 9.59 Å². The fourth-order valence-corrected chi connectivity index (χ4v) is 4.94. The Hall–Kier alpha value is -3.24. The number of amides is 1. The molecule has 0 bridgehead atoms. The van der Waals surface area contributed by atoms with Crippen molar-refractivity contribution in [3.8, 4) is 11.1 Å². The number of carbonyl (C=O) groups is 2. The zero-order valence-electron chi connectivity index (χ0n) is 18.2. The molecular formula is C28H28N2O2. The SMILES string of the molecule is O=C(CN1CCC[C@H]1C(=O)N1CCc2ccccc2C1)c1ccc(-c2ccccc2)cc1. The first-order valence-corrected chi connectivity index (χ1v) is 11.5. The molecule has 4 nitrogen and oxygen atoms in total. The van der Waals surface area contributed by atoms with Crippen molar-refractivity contribution in [2.45, 2.75) is 31.8 Å². The van der Waals surface area contributed by atoms with Crippen LogP contribution in [-0.2, 0) is 17.8 Å². The molecule has 4 heteroatoms. The normalized spacial score (nSPS) is 18.4. The highest BCUT2D eigenvalue weighted by atomic mass is 16.2. The number of hydrogen-bond acceptors (Lipinski definition) is 3. The maximum atomic E-state index is 13.3. The van der Waals surface area contributed by atoms with Gasteiger partial charge in [-0.05, 0) is 48.1 Å². The Morgan fingerprint density at radius 2 is 1.47 bits per heavy atom. The van der Waals surface area contributed by atoms with E-state index in [4.69, 9.17) is 0 Å². The number of Topliss-reactive ketones (excluding diaryl/α,β-unsaturated/α-hetero) is 1. The van der Waals surface area contributed by atoms with E-state index in [0.717, 1.165) is 43.5 Å². The van der Waals surface area contributed by atoms with Gasteiger partial charge < -0.3 is 4.90 Å². The molecule has 1 amide bonds. The predicted octanol–water partition coefficient (Wildman–Crippen LogP) is 4.59. The van der Waals surface area contributed by atoms with Crippen molar-refractivity contribution in [1.82, 2.24) is 9.80 Å². The molecule has 2 aliphatic rings. The predicted molar refractivity (Wildman–Crippen MR) is 126 cm³/mol. The molecule has 2 heterocycles. The number of likely N-dealkylation sites (tertiary alicyclic amines) is 1. The van der Waals surface area contributed by atoms with Crippen molar-refractivity contribution in [2.75, 3.05) is 19.6 Å². The van der Waals surface area contributed by atoms with Gasteiger partial charge in [0.15, 0.2) is 5.78 Å². The molecule has 0 unspecified atom stereocenters. The summed E-state index contributed by atoms with van der Waals surface area (Å²) in [7, 11) is 0. The van der Waals surface area contributed by atoms with E-state index >= 15 is 0 Å². The van der Waals surface area contributed by atoms with Crippen LogP contribution in [0.5, 0.6) is 0 Å². The van der Waals surface area contributed by atoms with Crippen LogP contribution in [0.2, 0.25) is 0 Å². The molecule has 0 aromatic heterocycles. The van der Waals surface area contributed by atoms with Crippen LogP contribution in [-0.4, -0.2) is 47.2 Å². The molecule has 32 heavy (non-hydrogen) atoms. The lowest BCUT2D eigenvalue weighted by Gasteiger charge is -2.33. The van der Waals surface area contributed by atoms with Crippen molar-refractivity contribution in [1.29, 1.82) is 0 Å². The standard InChI is InChI=1S/C28H28N2O2/c31-27(24-14-12-23(13-15-24)21-7-2-1-3-8-21)20-29-17-6-11-26(29)28(32)30-18-16-22-9-4-5-10-25(22)19-30/h1-5,7-10,12-15,26H,6,11,16-20H2/t26-/m0/s1. The van der Waals surface area contributed by atoms with Crippen molar-refractivity contribution in [2.24, 2.45) is 0 Å². The Morgan fingerprint density at radius 3 is 2.25 bits per heavy atom. The van der Waals surface area contributed by atoms with Crippen molar-refractivity contribution in [3.63, 3.8) is 0 Å². The maximum Gasteiger partial charge on any atom is 0.240 e. The van der Waals surface area contributed by atoms with Crippen molar-refractivity contribution >= 4 is 11.7 Å². The first-order chi connectivity index (χ1) is 15.7. The highest BCUT2D eigenvalue weighted by molar-refractivity contribution is 5.98. The van der Waals surface area contributed by atoms with Gasteiger partial charge in [0.1, 0.15) is 0 Å². The van der Waals surface area contributed by atoms with Gasteiger partial charge in [-0.25, -0.2) is 0 Å². The van der Waals surface area contributed by atoms with Gasteiger partial charge in [-0.15, -0.1) is 0 Å². The van der Waals surface area contributed by atoms with E-state index in [0.29, 0.717) is 18.7 Å². The third kappa shape index (κ3) is 4.23. The Morgan fingerprint density at radius 1 is 0.781 bits per heavy atom. The number of ketones is 1. The van der Waals surface area contributed by atoms with E-state index in [2.05, 4.69) is 35.2 Å². The smallest absolute Gasteiger partial charge is 0.240 e. The molecule has 0 aliphatic carbocycles. The van der Waals surface area contributed by atoms with Gasteiger partial charge in [0.2, 0.25) is 5.91 Å². The summed E-state index contributed by atoms with van der Waals surface area (Å²) in [6.45, 7) is 2.53. The average Bonchev–Trinajstić information content (AvgIpc) is 3.32. The minimum Gasteiger partial charge on any atom is -0.337 e. The minimum absolute atomic E-state index is 0.0771. The number of hydrogen-bond donors (Lipinski definition) is 0. The highest BCUT2D eigenvalue weighted by Crippen LogP contribution is 2.25. The van der Waals surface area contributed by atoms with Gasteiger partial charge in [0.25, 0.3) is 0 Å². The molecule has 1 saturated heterocycles. The van der Waals surface area contributed by atoms with Crippen molar-refractivity contribution < 1.29 is 9.59 Å². The van der Waals surface area contributed by atoms with Gasteiger partial charge in [-0.3, -0.25) is 14.5 Å². The number of rotatable bonds is 5. The van der Waals surface area contributed by atoms with Gasteiger partial charge in [-0.2, -0.15) is 0 Å². The van der Waals surface area contributed by atoms with Gasteiger partial charge >= 0.3 is 0 Å². The second-order valence-corrected chi connectivity index (χ2v) is 8.77. The Kier molecular flexibility index (Phi) is 5.87. The van der Waals surface area contributed by atoms with Crippen LogP contribution >= 0.6 is 0 Å². The van der Waals surface area contributed by atoms with Crippen LogP contribution in [0.25, 0.3) is 11.1 Å². The van der Waals surface area contributed by atoms with Gasteiger partial charge in [0, 0.05) is 18.7 Å².